The molecule has 0 spiro atoms. The van der Waals surface area contributed by atoms with Crippen LogP contribution >= 0.6 is 11.8 Å². The second kappa shape index (κ2) is 7.91. The third kappa shape index (κ3) is 5.13. The van der Waals surface area contributed by atoms with Crippen LogP contribution in [-0.2, 0) is 9.59 Å². The summed E-state index contributed by atoms with van der Waals surface area (Å²) in [6.07, 6.45) is 8.65. The molecule has 2 rings (SSSR count). The summed E-state index contributed by atoms with van der Waals surface area (Å²) in [6, 6.07) is 0.322. The first-order chi connectivity index (χ1) is 10.8. The fourth-order valence-corrected chi connectivity index (χ4v) is 4.49. The second-order valence-electron chi connectivity index (χ2n) is 8.07. The van der Waals surface area contributed by atoms with Gasteiger partial charge in [-0.2, -0.15) is 11.8 Å². The van der Waals surface area contributed by atoms with Crippen LogP contribution in [0.4, 0.5) is 0 Å². The van der Waals surface area contributed by atoms with Gasteiger partial charge in [-0.05, 0) is 38.4 Å². The number of carbonyl (C=O) groups is 2. The minimum atomic E-state index is -0.368. The quantitative estimate of drug-likeness (QED) is 0.859. The summed E-state index contributed by atoms with van der Waals surface area (Å²) in [5.41, 5.74) is -0.368. The van der Waals surface area contributed by atoms with Crippen LogP contribution in [0.1, 0.15) is 59.3 Å². The zero-order valence-corrected chi connectivity index (χ0v) is 15.9. The molecule has 1 N–H and O–H groups in total. The molecule has 5 heteroatoms. The van der Waals surface area contributed by atoms with Gasteiger partial charge < -0.3 is 10.2 Å². The van der Waals surface area contributed by atoms with Gasteiger partial charge >= 0.3 is 0 Å². The number of nitrogens with zero attached hydrogens (tertiary/aromatic N) is 1. The highest BCUT2D eigenvalue weighted by Gasteiger charge is 2.34. The minimum absolute atomic E-state index is 0.0373. The molecule has 0 aromatic rings. The molecule has 2 aliphatic rings. The van der Waals surface area contributed by atoms with Gasteiger partial charge in [0, 0.05) is 29.8 Å². The molecule has 0 bridgehead atoms. The maximum atomic E-state index is 12.6. The smallest absolute Gasteiger partial charge is 0.227 e. The van der Waals surface area contributed by atoms with Crippen LogP contribution in [-0.4, -0.2) is 47.4 Å². The van der Waals surface area contributed by atoms with Crippen molar-refractivity contribution in [2.75, 3.05) is 19.3 Å². The van der Waals surface area contributed by atoms with E-state index in [0.29, 0.717) is 17.8 Å². The number of hydrogen-bond acceptors (Lipinski definition) is 3. The van der Waals surface area contributed by atoms with E-state index in [1.54, 1.807) is 0 Å². The lowest BCUT2D eigenvalue weighted by Crippen LogP contribution is -2.50. The molecule has 1 aliphatic carbocycles. The Hall–Kier alpha value is -0.710. The van der Waals surface area contributed by atoms with Crippen LogP contribution in [0.3, 0.4) is 0 Å². The predicted octanol–water partition coefficient (Wildman–Crippen LogP) is 3.06. The Labute approximate surface area is 145 Å². The molecule has 1 aliphatic heterocycles. The van der Waals surface area contributed by atoms with Gasteiger partial charge in [-0.1, -0.05) is 27.2 Å². The van der Waals surface area contributed by atoms with Crippen LogP contribution < -0.4 is 5.32 Å². The van der Waals surface area contributed by atoms with Gasteiger partial charge in [0.15, 0.2) is 0 Å². The van der Waals surface area contributed by atoms with Crippen molar-refractivity contribution >= 4 is 23.6 Å². The van der Waals surface area contributed by atoms with Crippen molar-refractivity contribution in [3.63, 3.8) is 0 Å². The molecule has 3 atom stereocenters. The third-order valence-electron chi connectivity index (χ3n) is 5.03. The van der Waals surface area contributed by atoms with Crippen LogP contribution in [0.15, 0.2) is 0 Å². The average Bonchev–Trinajstić information content (AvgIpc) is 2.53. The number of hydrogen-bond donors (Lipinski definition) is 1. The van der Waals surface area contributed by atoms with Crippen molar-refractivity contribution in [1.29, 1.82) is 0 Å². The molecular formula is C18H32N2O2S. The fraction of sp³-hybridized carbons (Fsp3) is 0.889. The second-order valence-corrected chi connectivity index (χ2v) is 9.21. The summed E-state index contributed by atoms with van der Waals surface area (Å²) in [7, 11) is 0. The molecule has 3 unspecified atom stereocenters. The van der Waals surface area contributed by atoms with Crippen LogP contribution in [0.25, 0.3) is 0 Å². The Kier molecular flexibility index (Phi) is 6.40. The van der Waals surface area contributed by atoms with Gasteiger partial charge in [-0.25, -0.2) is 0 Å². The lowest BCUT2D eigenvalue weighted by molar-refractivity contribution is -0.142. The SMILES string of the molecule is CSC1CCCC(NC(=O)C2CCCN(C(=O)C(C)(C)C)C2)C1. The van der Waals surface area contributed by atoms with Gasteiger partial charge in [0.05, 0.1) is 5.92 Å². The van der Waals surface area contributed by atoms with E-state index in [1.165, 1.54) is 12.8 Å². The summed E-state index contributed by atoms with van der Waals surface area (Å²) < 4.78 is 0. The van der Waals surface area contributed by atoms with E-state index in [-0.39, 0.29) is 23.1 Å². The molecule has 2 fully saturated rings. The Morgan fingerprint density at radius 3 is 2.52 bits per heavy atom. The Morgan fingerprint density at radius 2 is 1.87 bits per heavy atom. The Bertz CT molecular complexity index is 433. The lowest BCUT2D eigenvalue weighted by Gasteiger charge is -2.37. The molecule has 2 amide bonds. The number of rotatable bonds is 3. The van der Waals surface area contributed by atoms with E-state index in [4.69, 9.17) is 0 Å². The number of nitrogens with one attached hydrogen (secondary N) is 1. The van der Waals surface area contributed by atoms with E-state index in [2.05, 4.69) is 11.6 Å². The van der Waals surface area contributed by atoms with Crippen LogP contribution in [0.2, 0.25) is 0 Å². The Morgan fingerprint density at radius 1 is 1.13 bits per heavy atom. The number of piperidine rings is 1. The zero-order valence-electron chi connectivity index (χ0n) is 15.1. The first-order valence-electron chi connectivity index (χ1n) is 8.94. The molecule has 0 aromatic heterocycles. The molecule has 0 aromatic carbocycles. The van der Waals surface area contributed by atoms with Crippen molar-refractivity contribution in [1.82, 2.24) is 10.2 Å². The van der Waals surface area contributed by atoms with Crippen LogP contribution in [0.5, 0.6) is 0 Å². The third-order valence-corrected chi connectivity index (χ3v) is 6.12. The molecule has 0 radical (unpaired) electrons. The Balaban J connectivity index is 1.88. The highest BCUT2D eigenvalue weighted by molar-refractivity contribution is 7.99. The fourth-order valence-electron chi connectivity index (χ4n) is 3.66. The molecule has 1 heterocycles. The monoisotopic (exact) mass is 340 g/mol. The van der Waals surface area contributed by atoms with E-state index in [1.807, 2.05) is 37.4 Å². The zero-order chi connectivity index (χ0) is 17.0. The summed E-state index contributed by atoms with van der Waals surface area (Å²) in [5.74, 6) is 0.281. The number of thioether (sulfide) groups is 1. The van der Waals surface area contributed by atoms with Gasteiger partial charge in [-0.15, -0.1) is 0 Å². The molecule has 1 saturated carbocycles. The number of carbonyl (C=O) groups excluding carboxylic acids is 2. The van der Waals surface area contributed by atoms with Crippen molar-refractivity contribution in [3.05, 3.63) is 0 Å². The summed E-state index contributed by atoms with van der Waals surface area (Å²) >= 11 is 1.92. The average molecular weight is 341 g/mol. The van der Waals surface area contributed by atoms with E-state index < -0.39 is 0 Å². The first-order valence-corrected chi connectivity index (χ1v) is 10.2. The maximum absolute atomic E-state index is 12.6. The topological polar surface area (TPSA) is 49.4 Å². The van der Waals surface area contributed by atoms with Gasteiger partial charge in [0.1, 0.15) is 0 Å². The van der Waals surface area contributed by atoms with Gasteiger partial charge in [-0.3, -0.25) is 9.59 Å². The maximum Gasteiger partial charge on any atom is 0.227 e. The summed E-state index contributed by atoms with van der Waals surface area (Å²) in [6.45, 7) is 7.22. The molecule has 4 nitrogen and oxygen atoms in total. The van der Waals surface area contributed by atoms with Crippen molar-refractivity contribution in [2.45, 2.75) is 70.6 Å². The molecule has 1 saturated heterocycles. The number of amides is 2. The largest absolute Gasteiger partial charge is 0.353 e. The number of likely N-dealkylation sites (tertiary alicyclic amines) is 1. The minimum Gasteiger partial charge on any atom is -0.353 e. The van der Waals surface area contributed by atoms with E-state index >= 15 is 0 Å². The highest BCUT2D eigenvalue weighted by Crippen LogP contribution is 2.28. The van der Waals surface area contributed by atoms with Gasteiger partial charge in [0.25, 0.3) is 0 Å². The summed E-state index contributed by atoms with van der Waals surface area (Å²) in [5, 5.41) is 3.94. The standard InChI is InChI=1S/C18H32N2O2S/c1-18(2,3)17(22)20-10-6-7-13(12-20)16(21)19-14-8-5-9-15(11-14)23-4/h13-15H,5-12H2,1-4H3,(H,19,21). The van der Waals surface area contributed by atoms with Crippen molar-refractivity contribution in [2.24, 2.45) is 11.3 Å². The first kappa shape index (κ1) is 18.6. The predicted molar refractivity (Wildman–Crippen MR) is 96.5 cm³/mol. The van der Waals surface area contributed by atoms with E-state index in [9.17, 15) is 9.59 Å². The van der Waals surface area contributed by atoms with Gasteiger partial charge in [0.2, 0.25) is 11.8 Å². The van der Waals surface area contributed by atoms with Crippen molar-refractivity contribution < 1.29 is 9.59 Å². The highest BCUT2D eigenvalue weighted by atomic mass is 32.2. The molecular weight excluding hydrogens is 308 g/mol. The summed E-state index contributed by atoms with van der Waals surface area (Å²) in [4.78, 5) is 27.0. The van der Waals surface area contributed by atoms with Crippen LogP contribution in [0, 0.1) is 11.3 Å². The lowest BCUT2D eigenvalue weighted by atomic mass is 9.90. The normalized spacial score (nSPS) is 29.2. The van der Waals surface area contributed by atoms with Crippen molar-refractivity contribution in [3.8, 4) is 0 Å². The molecule has 132 valence electrons. The molecule has 23 heavy (non-hydrogen) atoms. The van der Waals surface area contributed by atoms with E-state index in [0.717, 1.165) is 32.2 Å².